The lowest BCUT2D eigenvalue weighted by Crippen LogP contribution is -2.08. The van der Waals surface area contributed by atoms with Crippen molar-refractivity contribution in [3.63, 3.8) is 0 Å². The first-order valence-corrected chi connectivity index (χ1v) is 6.96. The maximum Gasteiger partial charge on any atom is 0.204 e. The zero-order chi connectivity index (χ0) is 6.41. The van der Waals surface area contributed by atoms with E-state index in [1.54, 1.807) is 0 Å². The predicted molar refractivity (Wildman–Crippen MR) is 39.9 cm³/mol. The fraction of sp³-hybridized carbons (Fsp3) is 1.00. The first-order chi connectivity index (χ1) is 3.77. The molecule has 0 fully saturated rings. The maximum absolute atomic E-state index is 5.39. The van der Waals surface area contributed by atoms with Crippen molar-refractivity contribution < 1.29 is 4.43 Å². The Hall–Kier alpha value is 0.394. The summed E-state index contributed by atoms with van der Waals surface area (Å²) in [6.07, 6.45) is 0. The van der Waals surface area contributed by atoms with E-state index in [0.717, 1.165) is 16.1 Å². The van der Waals surface area contributed by atoms with Gasteiger partial charge in [0.25, 0.3) is 0 Å². The third-order valence-electron chi connectivity index (χ3n) is 0.743. The molecule has 8 heavy (non-hydrogen) atoms. The van der Waals surface area contributed by atoms with Gasteiger partial charge in [0.2, 0.25) is 9.04 Å². The molecule has 0 aromatic heterocycles. The van der Waals surface area contributed by atoms with E-state index in [-0.39, 0.29) is 0 Å². The molecule has 0 saturated carbocycles. The Bertz CT molecular complexity index is 47.7. The Morgan fingerprint density at radius 3 is 2.50 bits per heavy atom. The lowest BCUT2D eigenvalue weighted by Gasteiger charge is -2.02. The van der Waals surface area contributed by atoms with Gasteiger partial charge in [0.1, 0.15) is 0 Å². The van der Waals surface area contributed by atoms with E-state index in [1.165, 1.54) is 6.04 Å². The van der Waals surface area contributed by atoms with Crippen LogP contribution >= 0.6 is 0 Å². The van der Waals surface area contributed by atoms with Crippen LogP contribution in [0.3, 0.4) is 0 Å². The van der Waals surface area contributed by atoms with Crippen LogP contribution in [0, 0.1) is 0 Å². The summed E-state index contributed by atoms with van der Waals surface area (Å²) in [5.74, 6) is 0. The topological polar surface area (TPSA) is 9.23 Å². The average molecular weight is 145 g/mol. The Morgan fingerprint density at radius 1 is 1.50 bits per heavy atom. The van der Waals surface area contributed by atoms with Crippen LogP contribution in [0.5, 0.6) is 0 Å². The van der Waals surface area contributed by atoms with Gasteiger partial charge in [-0.2, -0.15) is 0 Å². The van der Waals surface area contributed by atoms with Crippen LogP contribution in [-0.2, 0) is 4.43 Å². The Labute approximate surface area is 56.0 Å². The van der Waals surface area contributed by atoms with Gasteiger partial charge in [-0.05, 0) is 19.1 Å². The molecule has 0 heterocycles. The van der Waals surface area contributed by atoms with Gasteiger partial charge in [0, 0.05) is 16.1 Å². The highest BCUT2D eigenvalue weighted by Gasteiger charge is 1.93. The molecule has 0 aliphatic rings. The molecule has 3 radical (unpaired) electrons. The van der Waals surface area contributed by atoms with Crippen LogP contribution in [0.2, 0.25) is 25.7 Å². The summed E-state index contributed by atoms with van der Waals surface area (Å²) < 4.78 is 5.39. The number of hydrogen-bond acceptors (Lipinski definition) is 1. The summed E-state index contributed by atoms with van der Waals surface area (Å²) in [4.78, 5) is 0. The van der Waals surface area contributed by atoms with Crippen molar-refractivity contribution in [3.8, 4) is 0 Å². The first-order valence-electron chi connectivity index (χ1n) is 2.85. The highest BCUT2D eigenvalue weighted by molar-refractivity contribution is 6.48. The van der Waals surface area contributed by atoms with Crippen LogP contribution in [-0.4, -0.2) is 25.2 Å². The minimum atomic E-state index is -0.403. The molecule has 0 rings (SSSR count). The van der Waals surface area contributed by atoms with Gasteiger partial charge >= 0.3 is 0 Å². The summed E-state index contributed by atoms with van der Waals surface area (Å²) in [6, 6.07) is 1.25. The van der Waals surface area contributed by atoms with Crippen molar-refractivity contribution in [2.24, 2.45) is 0 Å². The summed E-state index contributed by atoms with van der Waals surface area (Å²) in [6.45, 7) is 7.53. The standard InChI is InChI=1S/C5H13OSi2/c1-7-5-4-6-8(2)3/h4-5H2,1-3H3. The molecule has 0 aliphatic carbocycles. The normalized spacial score (nSPS) is 10.5. The minimum absolute atomic E-state index is 0.403. The maximum atomic E-state index is 5.39. The zero-order valence-corrected chi connectivity index (χ0v) is 7.82. The van der Waals surface area contributed by atoms with Crippen LogP contribution < -0.4 is 0 Å². The minimum Gasteiger partial charge on any atom is -0.417 e. The smallest absolute Gasteiger partial charge is 0.204 e. The number of rotatable bonds is 4. The largest absolute Gasteiger partial charge is 0.417 e. The van der Waals surface area contributed by atoms with Crippen LogP contribution in [0.4, 0.5) is 0 Å². The van der Waals surface area contributed by atoms with Crippen molar-refractivity contribution in [2.75, 3.05) is 6.61 Å². The SMILES string of the molecule is C[Si]CCO[Si](C)C. The van der Waals surface area contributed by atoms with Gasteiger partial charge in [-0.1, -0.05) is 6.55 Å². The van der Waals surface area contributed by atoms with Gasteiger partial charge in [0.15, 0.2) is 0 Å². The van der Waals surface area contributed by atoms with Crippen LogP contribution in [0.1, 0.15) is 0 Å². The van der Waals surface area contributed by atoms with E-state index in [2.05, 4.69) is 19.6 Å². The van der Waals surface area contributed by atoms with Crippen molar-refractivity contribution in [2.45, 2.75) is 25.7 Å². The Balaban J connectivity index is 2.72. The van der Waals surface area contributed by atoms with E-state index in [9.17, 15) is 0 Å². The molecule has 0 atom stereocenters. The summed E-state index contributed by atoms with van der Waals surface area (Å²) in [5, 5.41) is 0. The molecule has 47 valence electrons. The molecular weight excluding hydrogens is 132 g/mol. The van der Waals surface area contributed by atoms with Crippen LogP contribution in [0.15, 0.2) is 0 Å². The van der Waals surface area contributed by atoms with Gasteiger partial charge in [0.05, 0.1) is 0 Å². The number of hydrogen-bond donors (Lipinski definition) is 0. The fourth-order valence-electron chi connectivity index (χ4n) is 0.357. The van der Waals surface area contributed by atoms with Gasteiger partial charge in [-0.3, -0.25) is 0 Å². The van der Waals surface area contributed by atoms with Gasteiger partial charge in [-0.15, -0.1) is 0 Å². The van der Waals surface area contributed by atoms with Crippen molar-refractivity contribution in [3.05, 3.63) is 0 Å². The molecule has 0 aromatic carbocycles. The van der Waals surface area contributed by atoms with Gasteiger partial charge < -0.3 is 4.43 Å². The van der Waals surface area contributed by atoms with E-state index in [4.69, 9.17) is 4.43 Å². The van der Waals surface area contributed by atoms with Crippen LogP contribution in [0.25, 0.3) is 0 Å². The molecular formula is C5H13OSi2. The second-order valence-electron chi connectivity index (χ2n) is 1.86. The third kappa shape index (κ3) is 6.39. The molecule has 0 saturated heterocycles. The molecule has 0 unspecified atom stereocenters. The second-order valence-corrected chi connectivity index (χ2v) is 5.17. The highest BCUT2D eigenvalue weighted by Crippen LogP contribution is 1.86. The summed E-state index contributed by atoms with van der Waals surface area (Å²) >= 11 is 0. The summed E-state index contributed by atoms with van der Waals surface area (Å²) in [5.41, 5.74) is 0. The average Bonchev–Trinajstić information content (AvgIpc) is 1.66. The fourth-order valence-corrected chi connectivity index (χ4v) is 1.38. The first kappa shape index (κ1) is 8.39. The predicted octanol–water partition coefficient (Wildman–Crippen LogP) is 1.42. The van der Waals surface area contributed by atoms with E-state index in [0.29, 0.717) is 0 Å². The molecule has 3 heteroatoms. The van der Waals surface area contributed by atoms with E-state index < -0.39 is 9.04 Å². The zero-order valence-electron chi connectivity index (χ0n) is 5.82. The monoisotopic (exact) mass is 145 g/mol. The van der Waals surface area contributed by atoms with Gasteiger partial charge in [-0.25, -0.2) is 0 Å². The van der Waals surface area contributed by atoms with Crippen molar-refractivity contribution >= 4 is 18.6 Å². The second kappa shape index (κ2) is 5.53. The van der Waals surface area contributed by atoms with E-state index >= 15 is 0 Å². The molecule has 0 aromatic rings. The molecule has 0 N–H and O–H groups in total. The molecule has 1 nitrogen and oxygen atoms in total. The van der Waals surface area contributed by atoms with Crippen molar-refractivity contribution in [1.29, 1.82) is 0 Å². The highest BCUT2D eigenvalue weighted by atomic mass is 28.3. The van der Waals surface area contributed by atoms with Crippen molar-refractivity contribution in [1.82, 2.24) is 0 Å². The molecule has 0 aliphatic heterocycles. The van der Waals surface area contributed by atoms with E-state index in [1.807, 2.05) is 0 Å². The summed E-state index contributed by atoms with van der Waals surface area (Å²) in [7, 11) is 0.646. The molecule has 0 amide bonds. The third-order valence-corrected chi connectivity index (χ3v) is 2.23. The Morgan fingerprint density at radius 2 is 2.12 bits per heavy atom. The lowest BCUT2D eigenvalue weighted by molar-refractivity contribution is 0.350. The molecule has 0 spiro atoms. The lowest BCUT2D eigenvalue weighted by atomic mass is 10.9. The molecule has 0 bridgehead atoms. The Kier molecular flexibility index (Phi) is 5.80. The quantitative estimate of drug-likeness (QED) is 0.429.